The molecule has 0 bridgehead atoms. The zero-order valence-corrected chi connectivity index (χ0v) is 12.4. The highest BCUT2D eigenvalue weighted by Gasteiger charge is 2.26. The molecule has 1 N–H and O–H groups in total. The van der Waals surface area contributed by atoms with E-state index in [1.807, 2.05) is 17.0 Å². The van der Waals surface area contributed by atoms with Gasteiger partial charge in [0.1, 0.15) is 0 Å². The van der Waals surface area contributed by atoms with Crippen molar-refractivity contribution < 1.29 is 9.53 Å². The lowest BCUT2D eigenvalue weighted by Gasteiger charge is -2.22. The van der Waals surface area contributed by atoms with E-state index in [1.165, 1.54) is 18.4 Å². The van der Waals surface area contributed by atoms with Crippen LogP contribution in [-0.2, 0) is 11.2 Å². The lowest BCUT2D eigenvalue weighted by atomic mass is 10.1. The third kappa shape index (κ3) is 4.53. The van der Waals surface area contributed by atoms with E-state index in [-0.39, 0.29) is 6.03 Å². The van der Waals surface area contributed by atoms with Gasteiger partial charge < -0.3 is 15.0 Å². The van der Waals surface area contributed by atoms with Crippen LogP contribution in [0.4, 0.5) is 10.5 Å². The minimum Gasteiger partial charge on any atom is -0.383 e. The molecular weight excluding hydrogens is 252 g/mol. The molecule has 1 aliphatic carbocycles. The van der Waals surface area contributed by atoms with Crippen LogP contribution < -0.4 is 5.32 Å². The Morgan fingerprint density at radius 3 is 2.60 bits per heavy atom. The predicted molar refractivity (Wildman–Crippen MR) is 81.0 cm³/mol. The summed E-state index contributed by atoms with van der Waals surface area (Å²) < 4.78 is 5.08. The van der Waals surface area contributed by atoms with Gasteiger partial charge in [-0.2, -0.15) is 0 Å². The summed E-state index contributed by atoms with van der Waals surface area (Å²) in [4.78, 5) is 14.2. The van der Waals surface area contributed by atoms with Gasteiger partial charge in [-0.25, -0.2) is 4.79 Å². The Bertz CT molecular complexity index is 427. The van der Waals surface area contributed by atoms with Crippen molar-refractivity contribution in [2.45, 2.75) is 26.2 Å². The summed E-state index contributed by atoms with van der Waals surface area (Å²) in [7, 11) is 1.66. The maximum atomic E-state index is 12.3. The number of nitrogens with one attached hydrogen (secondary N) is 1. The lowest BCUT2D eigenvalue weighted by Crippen LogP contribution is -2.38. The monoisotopic (exact) mass is 276 g/mol. The summed E-state index contributed by atoms with van der Waals surface area (Å²) >= 11 is 0. The van der Waals surface area contributed by atoms with Crippen molar-refractivity contribution in [3.63, 3.8) is 0 Å². The van der Waals surface area contributed by atoms with Gasteiger partial charge in [-0.1, -0.05) is 19.1 Å². The molecule has 2 amide bonds. The second kappa shape index (κ2) is 7.29. The summed E-state index contributed by atoms with van der Waals surface area (Å²) in [5, 5.41) is 2.97. The molecule has 4 nitrogen and oxygen atoms in total. The van der Waals surface area contributed by atoms with Gasteiger partial charge in [0.05, 0.1) is 6.61 Å². The Labute approximate surface area is 121 Å². The van der Waals surface area contributed by atoms with Crippen LogP contribution in [0.15, 0.2) is 24.3 Å². The molecule has 0 radical (unpaired) electrons. The van der Waals surface area contributed by atoms with Crippen LogP contribution in [-0.4, -0.2) is 37.7 Å². The number of ether oxygens (including phenoxy) is 1. The van der Waals surface area contributed by atoms with Gasteiger partial charge in [-0.15, -0.1) is 0 Å². The smallest absolute Gasteiger partial charge is 0.321 e. The SMILES string of the molecule is CCc1ccc(NC(=O)N(CCOC)CC2CC2)cc1. The topological polar surface area (TPSA) is 41.6 Å². The molecule has 4 heteroatoms. The van der Waals surface area contributed by atoms with Gasteiger partial charge >= 0.3 is 6.03 Å². The van der Waals surface area contributed by atoms with Crippen LogP contribution in [0.3, 0.4) is 0 Å². The fourth-order valence-electron chi connectivity index (χ4n) is 2.12. The van der Waals surface area contributed by atoms with Crippen LogP contribution in [0.2, 0.25) is 0 Å². The standard InChI is InChI=1S/C16H24N2O2/c1-3-13-6-8-15(9-7-13)17-16(19)18(10-11-20-2)12-14-4-5-14/h6-9,14H,3-5,10-12H2,1-2H3,(H,17,19). The first-order valence-electron chi connectivity index (χ1n) is 7.36. The number of carbonyl (C=O) groups excluding carboxylic acids is 1. The molecule has 0 aromatic heterocycles. The fourth-order valence-corrected chi connectivity index (χ4v) is 2.12. The number of methoxy groups -OCH3 is 1. The third-order valence-corrected chi connectivity index (χ3v) is 3.64. The van der Waals surface area contributed by atoms with Gasteiger partial charge in [0.2, 0.25) is 0 Å². The van der Waals surface area contributed by atoms with Crippen LogP contribution >= 0.6 is 0 Å². The predicted octanol–water partition coefficient (Wildman–Crippen LogP) is 3.14. The highest BCUT2D eigenvalue weighted by Crippen LogP contribution is 2.29. The normalized spacial score (nSPS) is 14.1. The van der Waals surface area contributed by atoms with E-state index in [9.17, 15) is 4.79 Å². The molecule has 1 fully saturated rings. The van der Waals surface area contributed by atoms with Crippen molar-refractivity contribution in [3.05, 3.63) is 29.8 Å². The summed E-state index contributed by atoms with van der Waals surface area (Å²) in [5.74, 6) is 0.681. The molecule has 0 saturated heterocycles. The van der Waals surface area contributed by atoms with Crippen LogP contribution in [0.25, 0.3) is 0 Å². The molecular formula is C16H24N2O2. The van der Waals surface area contributed by atoms with Crippen molar-refractivity contribution >= 4 is 11.7 Å². The number of anilines is 1. The maximum Gasteiger partial charge on any atom is 0.321 e. The highest BCUT2D eigenvalue weighted by atomic mass is 16.5. The molecule has 0 aliphatic heterocycles. The summed E-state index contributed by atoms with van der Waals surface area (Å²) in [5.41, 5.74) is 2.13. The molecule has 0 unspecified atom stereocenters. The first kappa shape index (κ1) is 14.9. The molecule has 0 heterocycles. The number of hydrogen-bond donors (Lipinski definition) is 1. The maximum absolute atomic E-state index is 12.3. The number of carbonyl (C=O) groups is 1. The van der Waals surface area contributed by atoms with Crippen molar-refractivity contribution in [1.82, 2.24) is 4.90 Å². The number of benzene rings is 1. The highest BCUT2D eigenvalue weighted by molar-refractivity contribution is 5.89. The Morgan fingerprint density at radius 2 is 2.05 bits per heavy atom. The van der Waals surface area contributed by atoms with Crippen LogP contribution in [0, 0.1) is 5.92 Å². The van der Waals surface area contributed by atoms with Gasteiger partial charge in [-0.05, 0) is 42.9 Å². The number of urea groups is 1. The van der Waals surface area contributed by atoms with E-state index in [0.717, 1.165) is 18.7 Å². The van der Waals surface area contributed by atoms with E-state index < -0.39 is 0 Å². The number of hydrogen-bond acceptors (Lipinski definition) is 2. The first-order chi connectivity index (χ1) is 9.72. The zero-order chi connectivity index (χ0) is 14.4. The molecule has 0 atom stereocenters. The molecule has 110 valence electrons. The van der Waals surface area contributed by atoms with Crippen LogP contribution in [0.1, 0.15) is 25.3 Å². The zero-order valence-electron chi connectivity index (χ0n) is 12.4. The Kier molecular flexibility index (Phi) is 5.41. The minimum absolute atomic E-state index is 0.0294. The van der Waals surface area contributed by atoms with E-state index in [4.69, 9.17) is 4.74 Å². The summed E-state index contributed by atoms with van der Waals surface area (Å²) in [6, 6.07) is 8.00. The second-order valence-electron chi connectivity index (χ2n) is 5.36. The molecule has 1 aromatic carbocycles. The average Bonchev–Trinajstić information content (AvgIpc) is 3.28. The van der Waals surface area contributed by atoms with E-state index in [0.29, 0.717) is 19.1 Å². The van der Waals surface area contributed by atoms with Gasteiger partial charge in [0.15, 0.2) is 0 Å². The third-order valence-electron chi connectivity index (χ3n) is 3.64. The van der Waals surface area contributed by atoms with E-state index >= 15 is 0 Å². The van der Waals surface area contributed by atoms with Crippen molar-refractivity contribution in [2.24, 2.45) is 5.92 Å². The first-order valence-corrected chi connectivity index (χ1v) is 7.36. The molecule has 1 aliphatic rings. The van der Waals surface area contributed by atoms with Gasteiger partial charge in [0, 0.05) is 25.9 Å². The summed E-state index contributed by atoms with van der Waals surface area (Å²) in [6.07, 6.45) is 3.49. The quantitative estimate of drug-likeness (QED) is 0.831. The number of nitrogens with zero attached hydrogens (tertiary/aromatic N) is 1. The second-order valence-corrected chi connectivity index (χ2v) is 5.36. The Morgan fingerprint density at radius 1 is 1.35 bits per heavy atom. The summed E-state index contributed by atoms with van der Waals surface area (Å²) in [6.45, 7) is 4.18. The molecule has 1 aromatic rings. The van der Waals surface area contributed by atoms with E-state index in [2.05, 4.69) is 24.4 Å². The molecule has 2 rings (SSSR count). The van der Waals surface area contributed by atoms with Crippen molar-refractivity contribution in [3.8, 4) is 0 Å². The molecule has 1 saturated carbocycles. The van der Waals surface area contributed by atoms with Crippen molar-refractivity contribution in [1.29, 1.82) is 0 Å². The fraction of sp³-hybridized carbons (Fsp3) is 0.562. The van der Waals surface area contributed by atoms with E-state index in [1.54, 1.807) is 7.11 Å². The number of aryl methyl sites for hydroxylation is 1. The largest absolute Gasteiger partial charge is 0.383 e. The molecule has 20 heavy (non-hydrogen) atoms. The van der Waals surface area contributed by atoms with Gasteiger partial charge in [-0.3, -0.25) is 0 Å². The lowest BCUT2D eigenvalue weighted by molar-refractivity contribution is 0.153. The molecule has 0 spiro atoms. The Balaban J connectivity index is 1.91. The average molecular weight is 276 g/mol. The van der Waals surface area contributed by atoms with Gasteiger partial charge in [0.25, 0.3) is 0 Å². The van der Waals surface area contributed by atoms with Crippen LogP contribution in [0.5, 0.6) is 0 Å². The Hall–Kier alpha value is -1.55. The minimum atomic E-state index is -0.0294. The number of rotatable bonds is 7. The number of amides is 2. The van der Waals surface area contributed by atoms with Crippen molar-refractivity contribution in [2.75, 3.05) is 32.1 Å².